The van der Waals surface area contributed by atoms with Crippen molar-refractivity contribution in [3.63, 3.8) is 0 Å². The molecule has 112 valence electrons. The van der Waals surface area contributed by atoms with Gasteiger partial charge in [0.2, 0.25) is 0 Å². The van der Waals surface area contributed by atoms with Crippen molar-refractivity contribution in [1.29, 1.82) is 0 Å². The maximum atomic E-state index is 14.2. The zero-order valence-electron chi connectivity index (χ0n) is 12.2. The Labute approximate surface area is 118 Å². The molecule has 3 nitrogen and oxygen atoms in total. The van der Waals surface area contributed by atoms with Crippen LogP contribution in [0.5, 0.6) is 5.75 Å². The number of halogens is 2. The molecular weight excluding hydrogens is 262 g/mol. The summed E-state index contributed by atoms with van der Waals surface area (Å²) in [5, 5.41) is 13.2. The molecule has 0 aliphatic carbocycles. The topological polar surface area (TPSA) is 35.5 Å². The van der Waals surface area contributed by atoms with Crippen molar-refractivity contribution < 1.29 is 13.9 Å². The number of phenolic OH excluding ortho intramolecular Hbond substituents is 1. The summed E-state index contributed by atoms with van der Waals surface area (Å²) in [6.07, 6.45) is 0. The Morgan fingerprint density at radius 1 is 1.15 bits per heavy atom. The first-order valence-electron chi connectivity index (χ1n) is 6.94. The molecule has 2 rings (SSSR count). The van der Waals surface area contributed by atoms with E-state index in [1.165, 1.54) is 0 Å². The Morgan fingerprint density at radius 2 is 1.70 bits per heavy atom. The van der Waals surface area contributed by atoms with Crippen LogP contribution >= 0.6 is 0 Å². The van der Waals surface area contributed by atoms with Crippen molar-refractivity contribution in [3.8, 4) is 5.75 Å². The molecule has 20 heavy (non-hydrogen) atoms. The first-order valence-corrected chi connectivity index (χ1v) is 6.94. The van der Waals surface area contributed by atoms with Crippen molar-refractivity contribution >= 4 is 0 Å². The second-order valence-corrected chi connectivity index (χ2v) is 6.35. The molecule has 5 heteroatoms. The van der Waals surface area contributed by atoms with Crippen LogP contribution in [-0.2, 0) is 0 Å². The quantitative estimate of drug-likeness (QED) is 0.876. The van der Waals surface area contributed by atoms with Crippen molar-refractivity contribution in [2.45, 2.75) is 26.8 Å². The SMILES string of the molecule is CC(C)(C)[C@H](c1c(F)ccc(F)c1O)N1CCNCC1. The molecular formula is C15H22F2N2O. The smallest absolute Gasteiger partial charge is 0.165 e. The maximum Gasteiger partial charge on any atom is 0.165 e. The van der Waals surface area contributed by atoms with Gasteiger partial charge in [0.25, 0.3) is 0 Å². The van der Waals surface area contributed by atoms with Gasteiger partial charge < -0.3 is 10.4 Å². The second-order valence-electron chi connectivity index (χ2n) is 6.35. The lowest BCUT2D eigenvalue weighted by Crippen LogP contribution is -2.48. The molecule has 0 amide bonds. The van der Waals surface area contributed by atoms with Crippen LogP contribution in [0.25, 0.3) is 0 Å². The lowest BCUT2D eigenvalue weighted by molar-refractivity contribution is 0.0808. The fourth-order valence-electron chi connectivity index (χ4n) is 2.92. The summed E-state index contributed by atoms with van der Waals surface area (Å²) in [6, 6.07) is 1.69. The number of phenols is 1. The molecule has 0 bridgehead atoms. The Hall–Kier alpha value is -1.20. The van der Waals surface area contributed by atoms with Crippen molar-refractivity contribution in [1.82, 2.24) is 10.2 Å². The fraction of sp³-hybridized carbons (Fsp3) is 0.600. The van der Waals surface area contributed by atoms with Gasteiger partial charge in [-0.2, -0.15) is 0 Å². The van der Waals surface area contributed by atoms with Gasteiger partial charge in [-0.1, -0.05) is 20.8 Å². The summed E-state index contributed by atoms with van der Waals surface area (Å²) >= 11 is 0. The van der Waals surface area contributed by atoms with Crippen LogP contribution in [0.1, 0.15) is 32.4 Å². The number of aromatic hydroxyl groups is 1. The number of nitrogens with one attached hydrogen (secondary N) is 1. The molecule has 1 aliphatic rings. The molecule has 1 aliphatic heterocycles. The zero-order valence-corrected chi connectivity index (χ0v) is 12.2. The van der Waals surface area contributed by atoms with Crippen molar-refractivity contribution in [3.05, 3.63) is 29.3 Å². The van der Waals surface area contributed by atoms with Crippen LogP contribution in [0.4, 0.5) is 8.78 Å². The van der Waals surface area contributed by atoms with Gasteiger partial charge in [-0.25, -0.2) is 8.78 Å². The molecule has 0 radical (unpaired) electrons. The highest BCUT2D eigenvalue weighted by atomic mass is 19.1. The minimum Gasteiger partial charge on any atom is -0.505 e. The molecule has 1 aromatic carbocycles. The van der Waals surface area contributed by atoms with E-state index in [2.05, 4.69) is 10.2 Å². The van der Waals surface area contributed by atoms with Gasteiger partial charge in [0.15, 0.2) is 11.6 Å². The number of piperazine rings is 1. The lowest BCUT2D eigenvalue weighted by Gasteiger charge is -2.42. The van der Waals surface area contributed by atoms with E-state index in [1.54, 1.807) is 0 Å². The van der Waals surface area contributed by atoms with Crippen LogP contribution in [0.2, 0.25) is 0 Å². The van der Waals surface area contributed by atoms with Crippen molar-refractivity contribution in [2.24, 2.45) is 5.41 Å². The normalized spacial score (nSPS) is 19.1. The first-order chi connectivity index (χ1) is 9.32. The van der Waals surface area contributed by atoms with Crippen LogP contribution in [-0.4, -0.2) is 36.2 Å². The summed E-state index contributed by atoms with van der Waals surface area (Å²) in [5.41, 5.74) is -0.247. The molecule has 0 aromatic heterocycles. The Bertz CT molecular complexity index is 479. The average Bonchev–Trinajstić information content (AvgIpc) is 2.39. The first kappa shape index (κ1) is 15.2. The molecule has 1 saturated heterocycles. The van der Waals surface area contributed by atoms with Crippen molar-refractivity contribution in [2.75, 3.05) is 26.2 Å². The maximum absolute atomic E-state index is 14.2. The Balaban J connectivity index is 2.49. The van der Waals surface area contributed by atoms with Gasteiger partial charge in [-0.3, -0.25) is 4.90 Å². The molecule has 0 unspecified atom stereocenters. The molecule has 0 spiro atoms. The molecule has 1 atom stereocenters. The highest BCUT2D eigenvalue weighted by Crippen LogP contribution is 2.43. The number of nitrogens with zero attached hydrogens (tertiary/aromatic N) is 1. The van der Waals surface area contributed by atoms with E-state index in [9.17, 15) is 13.9 Å². The second kappa shape index (κ2) is 5.66. The summed E-state index contributed by atoms with van der Waals surface area (Å²) in [6.45, 7) is 9.04. The zero-order chi connectivity index (χ0) is 14.9. The molecule has 1 fully saturated rings. The van der Waals surface area contributed by atoms with E-state index in [0.29, 0.717) is 0 Å². The van der Waals surface area contributed by atoms with Crippen LogP contribution in [0.15, 0.2) is 12.1 Å². The fourth-order valence-corrected chi connectivity index (χ4v) is 2.92. The van der Waals surface area contributed by atoms with Gasteiger partial charge in [0.05, 0.1) is 5.56 Å². The third-order valence-electron chi connectivity index (χ3n) is 3.73. The largest absolute Gasteiger partial charge is 0.505 e. The molecule has 1 heterocycles. The van der Waals surface area contributed by atoms with E-state index < -0.39 is 17.4 Å². The number of hydrogen-bond donors (Lipinski definition) is 2. The molecule has 0 saturated carbocycles. The van der Waals surface area contributed by atoms with Gasteiger partial charge in [0, 0.05) is 32.2 Å². The monoisotopic (exact) mass is 284 g/mol. The predicted octanol–water partition coefficient (Wildman–Crippen LogP) is 2.66. The minimum atomic E-state index is -0.772. The standard InChI is InChI=1S/C15H22F2N2O/c1-15(2,3)14(19-8-6-18-7-9-19)12-10(16)4-5-11(17)13(12)20/h4-5,14,18,20H,6-9H2,1-3H3/t14-/m0/s1. The number of hydrogen-bond acceptors (Lipinski definition) is 3. The van der Waals surface area contributed by atoms with Crippen LogP contribution < -0.4 is 5.32 Å². The average molecular weight is 284 g/mol. The summed E-state index contributed by atoms with van der Waals surface area (Å²) in [7, 11) is 0. The van der Waals surface area contributed by atoms with E-state index in [-0.39, 0.29) is 17.0 Å². The lowest BCUT2D eigenvalue weighted by atomic mass is 9.80. The van der Waals surface area contributed by atoms with Gasteiger partial charge in [-0.05, 0) is 17.5 Å². The Morgan fingerprint density at radius 3 is 2.25 bits per heavy atom. The highest BCUT2D eigenvalue weighted by Gasteiger charge is 2.36. The summed E-state index contributed by atoms with van der Waals surface area (Å²) in [4.78, 5) is 2.11. The van der Waals surface area contributed by atoms with E-state index in [4.69, 9.17) is 0 Å². The highest BCUT2D eigenvalue weighted by molar-refractivity contribution is 5.38. The number of benzene rings is 1. The molecule has 1 aromatic rings. The van der Waals surface area contributed by atoms with Gasteiger partial charge >= 0.3 is 0 Å². The van der Waals surface area contributed by atoms with E-state index >= 15 is 0 Å². The third kappa shape index (κ3) is 2.94. The van der Waals surface area contributed by atoms with E-state index in [0.717, 1.165) is 38.3 Å². The van der Waals surface area contributed by atoms with Crippen LogP contribution in [0, 0.1) is 17.0 Å². The van der Waals surface area contributed by atoms with E-state index in [1.807, 2.05) is 20.8 Å². The van der Waals surface area contributed by atoms with Gasteiger partial charge in [0.1, 0.15) is 5.82 Å². The molecule has 2 N–H and O–H groups in total. The third-order valence-corrected chi connectivity index (χ3v) is 3.73. The van der Waals surface area contributed by atoms with Gasteiger partial charge in [-0.15, -0.1) is 0 Å². The Kier molecular flexibility index (Phi) is 4.30. The summed E-state index contributed by atoms with van der Waals surface area (Å²) < 4.78 is 27.8. The number of rotatable bonds is 2. The van der Waals surface area contributed by atoms with Crippen LogP contribution in [0.3, 0.4) is 0 Å². The minimum absolute atomic E-state index is 0.0689. The predicted molar refractivity (Wildman–Crippen MR) is 74.7 cm³/mol. The summed E-state index contributed by atoms with van der Waals surface area (Å²) in [5.74, 6) is -1.89.